The highest BCUT2D eigenvalue weighted by molar-refractivity contribution is 5.78. The molecule has 4 nitrogen and oxygen atoms in total. The van der Waals surface area contributed by atoms with Gasteiger partial charge in [-0.1, -0.05) is 0 Å². The minimum atomic E-state index is -2.47. The van der Waals surface area contributed by atoms with Gasteiger partial charge in [0, 0.05) is 6.61 Å². The van der Waals surface area contributed by atoms with E-state index >= 15 is 0 Å². The van der Waals surface area contributed by atoms with E-state index in [1.165, 1.54) is 0 Å². The smallest absolute Gasteiger partial charge is 0.323 e. The van der Waals surface area contributed by atoms with E-state index in [0.717, 1.165) is 0 Å². The summed E-state index contributed by atoms with van der Waals surface area (Å²) in [7, 11) is 1.55. The van der Waals surface area contributed by atoms with Gasteiger partial charge in [0.15, 0.2) is 0 Å². The first-order valence-corrected chi connectivity index (χ1v) is 4.70. The van der Waals surface area contributed by atoms with Crippen molar-refractivity contribution in [3.8, 4) is 0 Å². The number of ether oxygens (including phenoxy) is 1. The molecule has 0 aromatic heterocycles. The van der Waals surface area contributed by atoms with Crippen LogP contribution in [0, 0.1) is 0 Å². The highest BCUT2D eigenvalue weighted by atomic mass is 19.3. The number of nitrogens with one attached hydrogen (secondary N) is 1. The van der Waals surface area contributed by atoms with Crippen LogP contribution in [-0.4, -0.2) is 43.3 Å². The Morgan fingerprint density at radius 3 is 2.60 bits per heavy atom. The minimum absolute atomic E-state index is 0.148. The standard InChI is InChI=1S/C9H17F2NO3/c1-9(12-2,8(13)14)4-3-5-15-6-7(10)11/h7,12H,3-6H2,1-2H3,(H,13,14). The van der Waals surface area contributed by atoms with Crippen LogP contribution >= 0.6 is 0 Å². The summed E-state index contributed by atoms with van der Waals surface area (Å²) >= 11 is 0. The Labute approximate surface area is 87.6 Å². The van der Waals surface area contributed by atoms with E-state index in [1.807, 2.05) is 0 Å². The molecule has 2 N–H and O–H groups in total. The maximum absolute atomic E-state index is 11.7. The second kappa shape index (κ2) is 6.68. The molecule has 0 radical (unpaired) electrons. The SMILES string of the molecule is CNC(C)(CCCOCC(F)F)C(=O)O. The zero-order valence-corrected chi connectivity index (χ0v) is 8.93. The van der Waals surface area contributed by atoms with Gasteiger partial charge in [-0.15, -0.1) is 0 Å². The Balaban J connectivity index is 3.69. The third-order valence-corrected chi connectivity index (χ3v) is 2.23. The largest absolute Gasteiger partial charge is 0.480 e. The number of likely N-dealkylation sites (N-methyl/N-ethyl adjacent to an activating group) is 1. The molecule has 0 fully saturated rings. The van der Waals surface area contributed by atoms with Crippen LogP contribution in [0.4, 0.5) is 8.78 Å². The number of carbonyl (C=O) groups is 1. The highest BCUT2D eigenvalue weighted by Gasteiger charge is 2.30. The molecule has 0 rings (SSSR count). The van der Waals surface area contributed by atoms with Crippen LogP contribution in [-0.2, 0) is 9.53 Å². The molecular weight excluding hydrogens is 208 g/mol. The average molecular weight is 225 g/mol. The van der Waals surface area contributed by atoms with Gasteiger partial charge >= 0.3 is 5.97 Å². The number of halogens is 2. The summed E-state index contributed by atoms with van der Waals surface area (Å²) in [6.07, 6.45) is -1.71. The van der Waals surface area contributed by atoms with Crippen LogP contribution in [0.15, 0.2) is 0 Å². The Hall–Kier alpha value is -0.750. The van der Waals surface area contributed by atoms with Crippen molar-refractivity contribution < 1.29 is 23.4 Å². The normalized spacial score (nSPS) is 15.3. The summed E-state index contributed by atoms with van der Waals surface area (Å²) < 4.78 is 28.0. The summed E-state index contributed by atoms with van der Waals surface area (Å²) in [5.74, 6) is -0.959. The molecule has 0 aliphatic heterocycles. The second-order valence-corrected chi connectivity index (χ2v) is 3.46. The summed E-state index contributed by atoms with van der Waals surface area (Å²) in [6.45, 7) is 1.10. The molecular formula is C9H17F2NO3. The number of alkyl halides is 2. The lowest BCUT2D eigenvalue weighted by Gasteiger charge is -2.23. The third kappa shape index (κ3) is 5.64. The molecule has 90 valence electrons. The van der Waals surface area contributed by atoms with Crippen molar-refractivity contribution in [1.82, 2.24) is 5.32 Å². The number of rotatable bonds is 8. The summed E-state index contributed by atoms with van der Waals surface area (Å²) in [5.41, 5.74) is -1.02. The van der Waals surface area contributed by atoms with Crippen LogP contribution in [0.1, 0.15) is 19.8 Å². The molecule has 1 atom stereocenters. The van der Waals surface area contributed by atoms with Crippen molar-refractivity contribution in [2.24, 2.45) is 0 Å². The fourth-order valence-corrected chi connectivity index (χ4v) is 1.04. The fourth-order valence-electron chi connectivity index (χ4n) is 1.04. The van der Waals surface area contributed by atoms with Crippen LogP contribution in [0.5, 0.6) is 0 Å². The highest BCUT2D eigenvalue weighted by Crippen LogP contribution is 2.12. The summed E-state index contributed by atoms with van der Waals surface area (Å²) in [4.78, 5) is 10.8. The zero-order valence-electron chi connectivity index (χ0n) is 8.93. The van der Waals surface area contributed by atoms with Gasteiger partial charge in [0.25, 0.3) is 6.43 Å². The van der Waals surface area contributed by atoms with Gasteiger partial charge in [0.05, 0.1) is 0 Å². The first-order chi connectivity index (χ1) is 6.92. The number of hydrogen-bond donors (Lipinski definition) is 2. The van der Waals surface area contributed by atoms with Gasteiger partial charge < -0.3 is 15.2 Å². The molecule has 0 heterocycles. The van der Waals surface area contributed by atoms with E-state index in [-0.39, 0.29) is 6.61 Å². The fraction of sp³-hybridized carbons (Fsp3) is 0.889. The van der Waals surface area contributed by atoms with E-state index < -0.39 is 24.5 Å². The van der Waals surface area contributed by atoms with Gasteiger partial charge in [-0.25, -0.2) is 8.78 Å². The quantitative estimate of drug-likeness (QED) is 0.607. The molecule has 0 saturated carbocycles. The van der Waals surface area contributed by atoms with Gasteiger partial charge in [-0.05, 0) is 26.8 Å². The van der Waals surface area contributed by atoms with Crippen LogP contribution in [0.2, 0.25) is 0 Å². The molecule has 15 heavy (non-hydrogen) atoms. The van der Waals surface area contributed by atoms with E-state index in [0.29, 0.717) is 12.8 Å². The molecule has 0 aromatic carbocycles. The van der Waals surface area contributed by atoms with Gasteiger partial charge in [0.2, 0.25) is 0 Å². The first kappa shape index (κ1) is 14.2. The lowest BCUT2D eigenvalue weighted by molar-refractivity contribution is -0.144. The topological polar surface area (TPSA) is 58.6 Å². The van der Waals surface area contributed by atoms with Crippen molar-refractivity contribution in [3.05, 3.63) is 0 Å². The first-order valence-electron chi connectivity index (χ1n) is 4.70. The Kier molecular flexibility index (Phi) is 6.35. The van der Waals surface area contributed by atoms with Crippen LogP contribution in [0.25, 0.3) is 0 Å². The molecule has 0 aliphatic carbocycles. The molecule has 1 unspecified atom stereocenters. The van der Waals surface area contributed by atoms with Crippen LogP contribution in [0.3, 0.4) is 0 Å². The third-order valence-electron chi connectivity index (χ3n) is 2.23. The predicted octanol–water partition coefficient (Wildman–Crippen LogP) is 1.11. The number of hydrogen-bond acceptors (Lipinski definition) is 3. The van der Waals surface area contributed by atoms with E-state index in [9.17, 15) is 13.6 Å². The van der Waals surface area contributed by atoms with Crippen molar-refractivity contribution >= 4 is 5.97 Å². The lowest BCUT2D eigenvalue weighted by Crippen LogP contribution is -2.47. The lowest BCUT2D eigenvalue weighted by atomic mass is 9.96. The number of aliphatic carboxylic acids is 1. The van der Waals surface area contributed by atoms with Gasteiger partial charge in [-0.2, -0.15) is 0 Å². The Morgan fingerprint density at radius 2 is 2.20 bits per heavy atom. The van der Waals surface area contributed by atoms with Crippen molar-refractivity contribution in [1.29, 1.82) is 0 Å². The number of carboxylic acid groups (broad SMARTS) is 1. The Morgan fingerprint density at radius 1 is 1.60 bits per heavy atom. The molecule has 6 heteroatoms. The zero-order chi connectivity index (χ0) is 11.9. The van der Waals surface area contributed by atoms with Gasteiger partial charge in [-0.3, -0.25) is 4.79 Å². The van der Waals surface area contributed by atoms with Crippen LogP contribution < -0.4 is 5.32 Å². The molecule has 0 saturated heterocycles. The average Bonchev–Trinajstić information content (AvgIpc) is 2.16. The summed E-state index contributed by atoms with van der Waals surface area (Å²) in [5, 5.41) is 11.5. The van der Waals surface area contributed by atoms with E-state index in [1.54, 1.807) is 14.0 Å². The van der Waals surface area contributed by atoms with E-state index in [4.69, 9.17) is 5.11 Å². The molecule has 0 bridgehead atoms. The number of carboxylic acids is 1. The maximum atomic E-state index is 11.7. The van der Waals surface area contributed by atoms with E-state index in [2.05, 4.69) is 10.1 Å². The van der Waals surface area contributed by atoms with Gasteiger partial charge in [0.1, 0.15) is 12.1 Å². The molecule has 0 aromatic rings. The molecule has 0 spiro atoms. The summed E-state index contributed by atoms with van der Waals surface area (Å²) in [6, 6.07) is 0. The van der Waals surface area contributed by atoms with Crippen molar-refractivity contribution in [2.75, 3.05) is 20.3 Å². The molecule has 0 amide bonds. The van der Waals surface area contributed by atoms with Crippen molar-refractivity contribution in [2.45, 2.75) is 31.7 Å². The maximum Gasteiger partial charge on any atom is 0.323 e. The van der Waals surface area contributed by atoms with Crippen molar-refractivity contribution in [3.63, 3.8) is 0 Å². The Bertz CT molecular complexity index is 202. The predicted molar refractivity (Wildman–Crippen MR) is 51.2 cm³/mol. The second-order valence-electron chi connectivity index (χ2n) is 3.46. The molecule has 0 aliphatic rings. The monoisotopic (exact) mass is 225 g/mol. The minimum Gasteiger partial charge on any atom is -0.480 e.